The second-order valence-electron chi connectivity index (χ2n) is 4.53. The summed E-state index contributed by atoms with van der Waals surface area (Å²) in [6.45, 7) is 2.69. The lowest BCUT2D eigenvalue weighted by Crippen LogP contribution is -2.43. The van der Waals surface area contributed by atoms with E-state index < -0.39 is 24.5 Å². The molecule has 0 heterocycles. The van der Waals surface area contributed by atoms with Crippen molar-refractivity contribution in [1.29, 1.82) is 0 Å². The van der Waals surface area contributed by atoms with Crippen molar-refractivity contribution in [2.75, 3.05) is 6.61 Å². The summed E-state index contributed by atoms with van der Waals surface area (Å²) < 4.78 is 4.73. The monoisotopic (exact) mass is 289 g/mol. The second-order valence-corrected chi connectivity index (χ2v) is 4.53. The van der Waals surface area contributed by atoms with E-state index in [-0.39, 0.29) is 5.78 Å². The fraction of sp³-hybridized carbons (Fsp3) is 0.312. The van der Waals surface area contributed by atoms with Crippen LogP contribution < -0.4 is 5.32 Å². The molecule has 0 saturated carbocycles. The number of Topliss-reactive ketones (excluding diaryl/α,β-unsaturated/α-hetero) is 1. The van der Waals surface area contributed by atoms with Gasteiger partial charge in [-0.1, -0.05) is 36.4 Å². The first kappa shape index (κ1) is 16.6. The Bertz CT molecular complexity index is 522. The zero-order valence-corrected chi connectivity index (χ0v) is 12.2. The third-order valence-corrected chi connectivity index (χ3v) is 2.76. The van der Waals surface area contributed by atoms with E-state index in [1.165, 1.54) is 19.1 Å². The molecule has 1 aromatic carbocycles. The Balaban J connectivity index is 2.52. The highest BCUT2D eigenvalue weighted by molar-refractivity contribution is 5.89. The lowest BCUT2D eigenvalue weighted by Gasteiger charge is -2.16. The molecule has 5 heteroatoms. The van der Waals surface area contributed by atoms with Crippen LogP contribution in [0.25, 0.3) is 0 Å². The first-order valence-electron chi connectivity index (χ1n) is 6.66. The van der Waals surface area contributed by atoms with Gasteiger partial charge in [-0.05, 0) is 25.8 Å². The smallest absolute Gasteiger partial charge is 0.330 e. The Labute approximate surface area is 124 Å². The van der Waals surface area contributed by atoms with Crippen molar-refractivity contribution >= 4 is 17.7 Å². The Morgan fingerprint density at radius 1 is 1.24 bits per heavy atom. The molecule has 0 saturated heterocycles. The predicted octanol–water partition coefficient (Wildman–Crippen LogP) is 1.42. The number of hydrogen-bond acceptors (Lipinski definition) is 4. The summed E-state index contributed by atoms with van der Waals surface area (Å²) in [5.74, 6) is -1.23. The highest BCUT2D eigenvalue weighted by atomic mass is 16.5. The summed E-state index contributed by atoms with van der Waals surface area (Å²) in [6.07, 6.45) is 3.15. The molecular formula is C16H19NO4. The van der Waals surface area contributed by atoms with Crippen LogP contribution in [0, 0.1) is 0 Å². The van der Waals surface area contributed by atoms with Crippen LogP contribution in [-0.4, -0.2) is 30.3 Å². The summed E-state index contributed by atoms with van der Waals surface area (Å²) in [5.41, 5.74) is 0.948. The van der Waals surface area contributed by atoms with E-state index in [0.29, 0.717) is 6.42 Å². The predicted molar refractivity (Wildman–Crippen MR) is 78.5 cm³/mol. The van der Waals surface area contributed by atoms with Crippen molar-refractivity contribution in [1.82, 2.24) is 5.32 Å². The standard InChI is InChI=1S/C16H19NO4/c1-3-7-16(20)21-11-15(19)17-14(12(2)18)10-13-8-5-4-6-9-13/h3-9,14H,10-11H2,1-2H3,(H,17,19)/b7-3+/t14-/m1/s1. The quantitative estimate of drug-likeness (QED) is 0.608. The maximum atomic E-state index is 11.7. The van der Waals surface area contributed by atoms with Gasteiger partial charge in [-0.3, -0.25) is 9.59 Å². The molecule has 0 aliphatic rings. The van der Waals surface area contributed by atoms with Crippen LogP contribution in [-0.2, 0) is 25.5 Å². The third kappa shape index (κ3) is 6.51. The highest BCUT2D eigenvalue weighted by Gasteiger charge is 2.18. The number of carbonyl (C=O) groups is 3. The first-order chi connectivity index (χ1) is 10.0. The van der Waals surface area contributed by atoms with Gasteiger partial charge in [0, 0.05) is 6.08 Å². The number of nitrogens with one attached hydrogen (secondary N) is 1. The van der Waals surface area contributed by atoms with Gasteiger partial charge in [0.15, 0.2) is 12.4 Å². The van der Waals surface area contributed by atoms with Crippen molar-refractivity contribution in [3.05, 3.63) is 48.0 Å². The normalized spacial score (nSPS) is 11.9. The molecule has 0 aromatic heterocycles. The average molecular weight is 289 g/mol. The van der Waals surface area contributed by atoms with E-state index in [1.54, 1.807) is 6.92 Å². The van der Waals surface area contributed by atoms with Gasteiger partial charge >= 0.3 is 5.97 Å². The minimum Gasteiger partial charge on any atom is -0.452 e. The largest absolute Gasteiger partial charge is 0.452 e. The summed E-state index contributed by atoms with van der Waals surface area (Å²) >= 11 is 0. The number of amides is 1. The van der Waals surface area contributed by atoms with Crippen LogP contribution in [0.4, 0.5) is 0 Å². The molecule has 1 atom stereocenters. The van der Waals surface area contributed by atoms with E-state index in [9.17, 15) is 14.4 Å². The minimum atomic E-state index is -0.625. The Morgan fingerprint density at radius 2 is 1.90 bits per heavy atom. The molecule has 0 bridgehead atoms. The molecule has 21 heavy (non-hydrogen) atoms. The van der Waals surface area contributed by atoms with Gasteiger partial charge < -0.3 is 10.1 Å². The Morgan fingerprint density at radius 3 is 2.48 bits per heavy atom. The summed E-state index contributed by atoms with van der Waals surface area (Å²) in [4.78, 5) is 34.4. The zero-order chi connectivity index (χ0) is 15.7. The molecule has 1 N–H and O–H groups in total. The number of benzene rings is 1. The number of ketones is 1. The van der Waals surface area contributed by atoms with Gasteiger partial charge in [-0.2, -0.15) is 0 Å². The maximum Gasteiger partial charge on any atom is 0.330 e. The van der Waals surface area contributed by atoms with Crippen LogP contribution in [0.5, 0.6) is 0 Å². The molecule has 0 spiro atoms. The fourth-order valence-corrected chi connectivity index (χ4v) is 1.70. The molecule has 1 rings (SSSR count). The summed E-state index contributed by atoms with van der Waals surface area (Å²) in [7, 11) is 0. The van der Waals surface area contributed by atoms with Gasteiger partial charge in [-0.15, -0.1) is 0 Å². The van der Waals surface area contributed by atoms with Gasteiger partial charge in [0.25, 0.3) is 5.91 Å². The summed E-state index contributed by atoms with van der Waals surface area (Å²) in [5, 5.41) is 2.57. The van der Waals surface area contributed by atoms with Crippen molar-refractivity contribution in [3.8, 4) is 0 Å². The van der Waals surface area contributed by atoms with Crippen LogP contribution in [0.3, 0.4) is 0 Å². The number of hydrogen-bond donors (Lipinski definition) is 1. The minimum absolute atomic E-state index is 0.146. The van der Waals surface area contributed by atoms with E-state index in [0.717, 1.165) is 5.56 Å². The van der Waals surface area contributed by atoms with Gasteiger partial charge in [0.2, 0.25) is 0 Å². The molecule has 0 aliphatic carbocycles. The molecule has 0 unspecified atom stereocenters. The molecule has 1 amide bonds. The van der Waals surface area contributed by atoms with Gasteiger partial charge in [0.1, 0.15) is 0 Å². The lowest BCUT2D eigenvalue weighted by atomic mass is 10.0. The molecule has 0 fully saturated rings. The number of ether oxygens (including phenoxy) is 1. The Kier molecular flexibility index (Phi) is 6.87. The van der Waals surface area contributed by atoms with Gasteiger partial charge in [-0.25, -0.2) is 4.79 Å². The van der Waals surface area contributed by atoms with E-state index in [4.69, 9.17) is 4.74 Å². The lowest BCUT2D eigenvalue weighted by molar-refractivity contribution is -0.144. The van der Waals surface area contributed by atoms with Crippen molar-refractivity contribution in [3.63, 3.8) is 0 Å². The van der Waals surface area contributed by atoms with Crippen molar-refractivity contribution < 1.29 is 19.1 Å². The van der Waals surface area contributed by atoms with Crippen LogP contribution >= 0.6 is 0 Å². The topological polar surface area (TPSA) is 72.5 Å². The molecular weight excluding hydrogens is 270 g/mol. The van der Waals surface area contributed by atoms with Crippen LogP contribution in [0.15, 0.2) is 42.5 Å². The average Bonchev–Trinajstić information content (AvgIpc) is 2.46. The van der Waals surface area contributed by atoms with Crippen LogP contribution in [0.2, 0.25) is 0 Å². The number of rotatable bonds is 7. The van der Waals surface area contributed by atoms with Gasteiger partial charge in [0.05, 0.1) is 6.04 Å². The van der Waals surface area contributed by atoms with Crippen LogP contribution in [0.1, 0.15) is 19.4 Å². The number of carbonyl (C=O) groups excluding carboxylic acids is 3. The second kappa shape index (κ2) is 8.68. The number of esters is 1. The van der Waals surface area contributed by atoms with Crippen molar-refractivity contribution in [2.24, 2.45) is 0 Å². The zero-order valence-electron chi connectivity index (χ0n) is 12.2. The highest BCUT2D eigenvalue weighted by Crippen LogP contribution is 2.04. The molecule has 1 aromatic rings. The molecule has 5 nitrogen and oxygen atoms in total. The molecule has 112 valence electrons. The SMILES string of the molecule is C/C=C/C(=O)OCC(=O)N[C@H](Cc1ccccc1)C(C)=O. The summed E-state index contributed by atoms with van der Waals surface area (Å²) in [6, 6.07) is 8.76. The maximum absolute atomic E-state index is 11.7. The first-order valence-corrected chi connectivity index (χ1v) is 6.66. The van der Waals surface area contributed by atoms with E-state index >= 15 is 0 Å². The van der Waals surface area contributed by atoms with E-state index in [1.807, 2.05) is 30.3 Å². The fourth-order valence-electron chi connectivity index (χ4n) is 1.70. The molecule has 0 aliphatic heterocycles. The molecule has 0 radical (unpaired) electrons. The Hall–Kier alpha value is -2.43. The van der Waals surface area contributed by atoms with Crippen molar-refractivity contribution in [2.45, 2.75) is 26.3 Å². The van der Waals surface area contributed by atoms with E-state index in [2.05, 4.69) is 5.32 Å². The third-order valence-electron chi connectivity index (χ3n) is 2.76. The number of allylic oxidation sites excluding steroid dienone is 1.